The number of rotatable bonds is 3. The lowest BCUT2D eigenvalue weighted by molar-refractivity contribution is -0.118. The molecule has 34 heavy (non-hydrogen) atoms. The first-order valence-corrected chi connectivity index (χ1v) is 11.7. The van der Waals surface area contributed by atoms with E-state index >= 15 is 0 Å². The molecule has 0 amide bonds. The van der Waals surface area contributed by atoms with Crippen LogP contribution in [0.5, 0.6) is 0 Å². The Morgan fingerprint density at radius 2 is 1.65 bits per heavy atom. The van der Waals surface area contributed by atoms with Gasteiger partial charge in [0.05, 0.1) is 5.69 Å². The summed E-state index contributed by atoms with van der Waals surface area (Å²) in [5.41, 5.74) is 13.8. The van der Waals surface area contributed by atoms with Crippen LogP contribution in [0.15, 0.2) is 48.5 Å². The maximum absolute atomic E-state index is 11.9. The van der Waals surface area contributed by atoms with Gasteiger partial charge < -0.3 is 11.1 Å². The van der Waals surface area contributed by atoms with Crippen LogP contribution in [-0.2, 0) is 30.5 Å². The maximum Gasteiger partial charge on any atom is 0.241 e. The molecule has 6 rings (SSSR count). The van der Waals surface area contributed by atoms with Gasteiger partial charge in [0.2, 0.25) is 11.9 Å². The molecular formula is C26H25N7O. The Labute approximate surface area is 197 Å². The van der Waals surface area contributed by atoms with Crippen LogP contribution in [-0.4, -0.2) is 30.7 Å². The first kappa shape index (κ1) is 20.5. The molecule has 0 radical (unpaired) electrons. The van der Waals surface area contributed by atoms with E-state index in [1.165, 1.54) is 16.7 Å². The van der Waals surface area contributed by atoms with Crippen molar-refractivity contribution in [2.75, 3.05) is 11.1 Å². The lowest BCUT2D eigenvalue weighted by Gasteiger charge is -2.12. The van der Waals surface area contributed by atoms with Crippen LogP contribution in [0.3, 0.4) is 0 Å². The van der Waals surface area contributed by atoms with Crippen LogP contribution in [0.25, 0.3) is 17.1 Å². The average molecular weight is 452 g/mol. The molecule has 2 aliphatic rings. The summed E-state index contributed by atoms with van der Waals surface area (Å²) in [5, 5.41) is 16.8. The van der Waals surface area contributed by atoms with Gasteiger partial charge in [-0.15, -0.1) is 15.3 Å². The van der Waals surface area contributed by atoms with E-state index in [-0.39, 0.29) is 5.95 Å². The van der Waals surface area contributed by atoms with Crippen LogP contribution in [0.2, 0.25) is 0 Å². The van der Waals surface area contributed by atoms with Crippen LogP contribution in [0.4, 0.5) is 17.6 Å². The molecule has 0 aliphatic heterocycles. The number of nitrogens with zero attached hydrogens (tertiary/aromatic N) is 5. The van der Waals surface area contributed by atoms with Gasteiger partial charge in [0, 0.05) is 24.1 Å². The summed E-state index contributed by atoms with van der Waals surface area (Å²) in [6.07, 6.45) is 5.76. The smallest absolute Gasteiger partial charge is 0.241 e. The molecule has 0 spiro atoms. The van der Waals surface area contributed by atoms with Gasteiger partial charge in [0.15, 0.2) is 5.82 Å². The summed E-state index contributed by atoms with van der Waals surface area (Å²) in [5.74, 6) is 1.53. The number of nitrogen functional groups attached to an aromatic ring is 1. The normalized spacial score (nSPS) is 15.0. The fourth-order valence-electron chi connectivity index (χ4n) is 4.93. The largest absolute Gasteiger partial charge is 0.366 e. The third kappa shape index (κ3) is 3.81. The van der Waals surface area contributed by atoms with E-state index in [2.05, 4.69) is 55.9 Å². The Morgan fingerprint density at radius 3 is 2.56 bits per heavy atom. The van der Waals surface area contributed by atoms with Crippen molar-refractivity contribution in [3.8, 4) is 17.1 Å². The number of carbonyl (C=O) groups is 1. The van der Waals surface area contributed by atoms with Crippen molar-refractivity contribution in [2.24, 2.45) is 0 Å². The molecule has 2 aromatic heterocycles. The maximum atomic E-state index is 11.9. The van der Waals surface area contributed by atoms with E-state index in [4.69, 9.17) is 5.73 Å². The molecule has 2 heterocycles. The third-order valence-electron chi connectivity index (χ3n) is 6.67. The lowest BCUT2D eigenvalue weighted by atomic mass is 10.0. The van der Waals surface area contributed by atoms with Gasteiger partial charge in [-0.2, -0.15) is 9.67 Å². The van der Waals surface area contributed by atoms with Crippen molar-refractivity contribution in [1.29, 1.82) is 0 Å². The van der Waals surface area contributed by atoms with Crippen LogP contribution < -0.4 is 11.1 Å². The minimum atomic E-state index is 0.157. The standard InChI is InChI=1S/C26H25N7O/c27-25-29-26(28-20-11-8-16-9-12-21(34)13-10-18(16)14-20)33(32-25)23-15-19-6-3-5-17-4-1-2-7-22(17)24(19)31-30-23/h1-2,4,7-8,11,14-15H,3,5-6,9-10,12-13H2,(H3,27,28,29,32). The number of nitrogens with two attached hydrogens (primary N) is 1. The highest BCUT2D eigenvalue weighted by molar-refractivity contribution is 5.80. The number of hydrogen-bond acceptors (Lipinski definition) is 7. The van der Waals surface area contributed by atoms with Gasteiger partial charge in [-0.1, -0.05) is 30.3 Å². The second-order valence-corrected chi connectivity index (χ2v) is 8.94. The zero-order chi connectivity index (χ0) is 23.1. The molecule has 3 N–H and O–H groups in total. The SMILES string of the molecule is Nc1nc(Nc2ccc3c(c2)CCC(=O)CC3)n(-c2cc3c(nn2)-c2ccccc2CCC3)n1. The molecule has 8 nitrogen and oxygen atoms in total. The van der Waals surface area contributed by atoms with Crippen molar-refractivity contribution < 1.29 is 4.79 Å². The number of nitrogens with one attached hydrogen (secondary N) is 1. The predicted octanol–water partition coefficient (Wildman–Crippen LogP) is 3.99. The lowest BCUT2D eigenvalue weighted by Crippen LogP contribution is -2.08. The number of benzene rings is 2. The molecule has 170 valence electrons. The van der Waals surface area contributed by atoms with Gasteiger partial charge in [-0.05, 0) is 72.6 Å². The Bertz CT molecular complexity index is 1410. The molecular weight excluding hydrogens is 426 g/mol. The zero-order valence-corrected chi connectivity index (χ0v) is 18.8. The first-order valence-electron chi connectivity index (χ1n) is 11.7. The Hall–Kier alpha value is -4.07. The average Bonchev–Trinajstić information content (AvgIpc) is 3.00. The second-order valence-electron chi connectivity index (χ2n) is 8.94. The Kier molecular flexibility index (Phi) is 5.05. The monoisotopic (exact) mass is 451 g/mol. The van der Waals surface area contributed by atoms with E-state index in [0.29, 0.717) is 30.4 Å². The molecule has 0 saturated heterocycles. The minimum Gasteiger partial charge on any atom is -0.366 e. The van der Waals surface area contributed by atoms with Gasteiger partial charge in [-0.25, -0.2) is 0 Å². The summed E-state index contributed by atoms with van der Waals surface area (Å²) in [4.78, 5) is 16.2. The number of Topliss-reactive ketones (excluding diaryl/α,β-unsaturated/α-hetero) is 1. The van der Waals surface area contributed by atoms with Crippen molar-refractivity contribution in [3.05, 3.63) is 70.8 Å². The molecule has 0 unspecified atom stereocenters. The highest BCUT2D eigenvalue weighted by Gasteiger charge is 2.20. The van der Waals surface area contributed by atoms with Gasteiger partial charge in [0.1, 0.15) is 5.78 Å². The molecule has 0 saturated carbocycles. The highest BCUT2D eigenvalue weighted by atomic mass is 16.1. The van der Waals surface area contributed by atoms with Crippen molar-refractivity contribution >= 4 is 23.4 Å². The van der Waals surface area contributed by atoms with Crippen molar-refractivity contribution in [2.45, 2.75) is 44.9 Å². The van der Waals surface area contributed by atoms with Crippen LogP contribution in [0, 0.1) is 0 Å². The molecule has 0 bridgehead atoms. The molecule has 4 aromatic rings. The summed E-state index contributed by atoms with van der Waals surface area (Å²) in [7, 11) is 0. The number of carbonyl (C=O) groups excluding carboxylic acids is 1. The van der Waals surface area contributed by atoms with Gasteiger partial charge in [0.25, 0.3) is 0 Å². The Balaban J connectivity index is 1.34. The van der Waals surface area contributed by atoms with Gasteiger partial charge in [-0.3, -0.25) is 4.79 Å². The molecule has 2 aliphatic carbocycles. The van der Waals surface area contributed by atoms with Crippen LogP contribution >= 0.6 is 0 Å². The molecule has 0 fully saturated rings. The second kappa shape index (κ2) is 8.37. The van der Waals surface area contributed by atoms with E-state index in [9.17, 15) is 4.79 Å². The van der Waals surface area contributed by atoms with E-state index < -0.39 is 0 Å². The number of fused-ring (bicyclic) bond motifs is 4. The molecule has 2 aromatic carbocycles. The third-order valence-corrected chi connectivity index (χ3v) is 6.67. The fraction of sp³-hybridized carbons (Fsp3) is 0.269. The summed E-state index contributed by atoms with van der Waals surface area (Å²) >= 11 is 0. The number of aromatic nitrogens is 5. The number of anilines is 3. The van der Waals surface area contributed by atoms with Crippen LogP contribution in [0.1, 0.15) is 41.5 Å². The van der Waals surface area contributed by atoms with E-state index in [0.717, 1.165) is 54.6 Å². The number of ketones is 1. The van der Waals surface area contributed by atoms with E-state index in [1.807, 2.05) is 18.2 Å². The Morgan fingerprint density at radius 1 is 0.824 bits per heavy atom. The minimum absolute atomic E-state index is 0.157. The van der Waals surface area contributed by atoms with Gasteiger partial charge >= 0.3 is 0 Å². The van der Waals surface area contributed by atoms with Crippen molar-refractivity contribution in [1.82, 2.24) is 25.0 Å². The quantitative estimate of drug-likeness (QED) is 0.453. The first-order chi connectivity index (χ1) is 16.6. The number of aryl methyl sites for hydroxylation is 4. The zero-order valence-electron chi connectivity index (χ0n) is 18.8. The number of hydrogen-bond donors (Lipinski definition) is 2. The fourth-order valence-corrected chi connectivity index (χ4v) is 4.93. The highest BCUT2D eigenvalue weighted by Crippen LogP contribution is 2.32. The predicted molar refractivity (Wildman–Crippen MR) is 130 cm³/mol. The summed E-state index contributed by atoms with van der Waals surface area (Å²) in [6.45, 7) is 0. The summed E-state index contributed by atoms with van der Waals surface area (Å²) < 4.78 is 1.61. The van der Waals surface area contributed by atoms with Crippen molar-refractivity contribution in [3.63, 3.8) is 0 Å². The summed E-state index contributed by atoms with van der Waals surface area (Å²) in [6, 6.07) is 16.6. The topological polar surface area (TPSA) is 112 Å². The molecule has 0 atom stereocenters. The van der Waals surface area contributed by atoms with E-state index in [1.54, 1.807) is 4.68 Å². The molecule has 8 heteroatoms.